The van der Waals surface area contributed by atoms with Gasteiger partial charge in [0, 0.05) is 11.4 Å². The summed E-state index contributed by atoms with van der Waals surface area (Å²) in [6, 6.07) is 14.9. The van der Waals surface area contributed by atoms with Gasteiger partial charge < -0.3 is 9.88 Å². The molecule has 31 heavy (non-hydrogen) atoms. The Hall–Kier alpha value is -3.39. The quantitative estimate of drug-likeness (QED) is 0.614. The van der Waals surface area contributed by atoms with Gasteiger partial charge in [-0.1, -0.05) is 23.8 Å². The molecule has 3 aromatic rings. The zero-order valence-electron chi connectivity index (χ0n) is 17.9. The Labute approximate surface area is 181 Å². The summed E-state index contributed by atoms with van der Waals surface area (Å²) in [5, 5.41) is 2.77. The molecule has 0 saturated carbocycles. The number of sulfonamides is 1. The van der Waals surface area contributed by atoms with Crippen molar-refractivity contribution >= 4 is 27.3 Å². The molecule has 3 rings (SSSR count). The smallest absolute Gasteiger partial charge is 0.275 e. The lowest BCUT2D eigenvalue weighted by Gasteiger charge is -2.14. The van der Waals surface area contributed by atoms with E-state index in [2.05, 4.69) is 10.0 Å². The van der Waals surface area contributed by atoms with Crippen molar-refractivity contribution in [3.05, 3.63) is 87.3 Å². The van der Waals surface area contributed by atoms with E-state index in [-0.39, 0.29) is 23.0 Å². The van der Waals surface area contributed by atoms with Gasteiger partial charge in [-0.15, -0.1) is 0 Å². The van der Waals surface area contributed by atoms with E-state index in [0.29, 0.717) is 11.4 Å². The van der Waals surface area contributed by atoms with Crippen molar-refractivity contribution in [3.8, 4) is 0 Å². The normalized spacial score (nSPS) is 11.2. The van der Waals surface area contributed by atoms with E-state index < -0.39 is 15.6 Å². The van der Waals surface area contributed by atoms with Crippen LogP contribution in [0.2, 0.25) is 0 Å². The highest BCUT2D eigenvalue weighted by Crippen LogP contribution is 2.16. The molecule has 0 bridgehead atoms. The van der Waals surface area contributed by atoms with E-state index in [4.69, 9.17) is 0 Å². The highest BCUT2D eigenvalue weighted by atomic mass is 32.2. The minimum Gasteiger partial charge on any atom is -0.325 e. The minimum atomic E-state index is -3.93. The van der Waals surface area contributed by atoms with Gasteiger partial charge in [0.1, 0.15) is 12.2 Å². The third-order valence-electron chi connectivity index (χ3n) is 5.06. The molecular weight excluding hydrogens is 414 g/mol. The van der Waals surface area contributed by atoms with Crippen LogP contribution in [-0.4, -0.2) is 18.9 Å². The number of hydrogen-bond acceptors (Lipinski definition) is 4. The lowest BCUT2D eigenvalue weighted by atomic mass is 10.1. The van der Waals surface area contributed by atoms with Crippen LogP contribution in [-0.2, 0) is 21.4 Å². The molecule has 1 heterocycles. The first-order valence-corrected chi connectivity index (χ1v) is 11.2. The third kappa shape index (κ3) is 5.21. The summed E-state index contributed by atoms with van der Waals surface area (Å²) < 4.78 is 28.9. The first kappa shape index (κ1) is 22.3. The number of benzene rings is 2. The molecule has 0 fully saturated rings. The van der Waals surface area contributed by atoms with Crippen LogP contribution in [0.5, 0.6) is 0 Å². The number of hydrogen-bond donors (Lipinski definition) is 2. The minimum absolute atomic E-state index is 0.0529. The SMILES string of the molecule is Cc1ccc(S(=O)(=O)Nc2ccc(C)n(CC(=O)Nc3ccc(C)c(C)c3)c2=O)cc1. The van der Waals surface area contributed by atoms with Crippen molar-refractivity contribution in [2.24, 2.45) is 0 Å². The number of aromatic nitrogens is 1. The molecular formula is C23H25N3O4S. The van der Waals surface area contributed by atoms with E-state index in [1.165, 1.54) is 22.8 Å². The summed E-state index contributed by atoms with van der Waals surface area (Å²) in [4.78, 5) is 25.5. The average Bonchev–Trinajstić information content (AvgIpc) is 2.70. The zero-order chi connectivity index (χ0) is 22.8. The Balaban J connectivity index is 1.83. The Morgan fingerprint density at radius 1 is 0.903 bits per heavy atom. The monoisotopic (exact) mass is 439 g/mol. The summed E-state index contributed by atoms with van der Waals surface area (Å²) in [5.74, 6) is -0.382. The molecule has 0 unspecified atom stereocenters. The first-order valence-electron chi connectivity index (χ1n) is 9.74. The molecule has 8 heteroatoms. The Morgan fingerprint density at radius 2 is 1.58 bits per heavy atom. The molecule has 0 aliphatic heterocycles. The Kier molecular flexibility index (Phi) is 6.31. The van der Waals surface area contributed by atoms with E-state index >= 15 is 0 Å². The fraction of sp³-hybridized carbons (Fsp3) is 0.217. The maximum atomic E-state index is 12.9. The second-order valence-corrected chi connectivity index (χ2v) is 9.23. The third-order valence-corrected chi connectivity index (χ3v) is 6.44. The van der Waals surface area contributed by atoms with Crippen LogP contribution in [0.3, 0.4) is 0 Å². The molecule has 2 aromatic carbocycles. The number of rotatable bonds is 6. The largest absolute Gasteiger partial charge is 0.325 e. The molecule has 7 nitrogen and oxygen atoms in total. The number of carbonyl (C=O) groups is 1. The lowest BCUT2D eigenvalue weighted by molar-refractivity contribution is -0.116. The van der Waals surface area contributed by atoms with Gasteiger partial charge in [0.25, 0.3) is 15.6 Å². The van der Waals surface area contributed by atoms with Gasteiger partial charge in [0.15, 0.2) is 0 Å². The van der Waals surface area contributed by atoms with Crippen molar-refractivity contribution in [2.75, 3.05) is 10.0 Å². The number of carbonyl (C=O) groups excluding carboxylic acids is 1. The van der Waals surface area contributed by atoms with Crippen LogP contribution >= 0.6 is 0 Å². The Bertz CT molecular complexity index is 1290. The van der Waals surface area contributed by atoms with E-state index in [9.17, 15) is 18.0 Å². The van der Waals surface area contributed by atoms with Crippen LogP contribution in [0.4, 0.5) is 11.4 Å². The van der Waals surface area contributed by atoms with Crippen molar-refractivity contribution in [1.82, 2.24) is 4.57 Å². The molecule has 0 atom stereocenters. The van der Waals surface area contributed by atoms with Gasteiger partial charge in [-0.25, -0.2) is 8.42 Å². The predicted molar refractivity (Wildman–Crippen MR) is 122 cm³/mol. The number of amides is 1. The average molecular weight is 440 g/mol. The van der Waals surface area contributed by atoms with Gasteiger partial charge in [-0.05, 0) is 75.2 Å². The molecule has 1 aromatic heterocycles. The molecule has 0 aliphatic carbocycles. The highest BCUT2D eigenvalue weighted by Gasteiger charge is 2.18. The number of nitrogens with one attached hydrogen (secondary N) is 2. The maximum absolute atomic E-state index is 12.9. The first-order chi connectivity index (χ1) is 14.6. The molecule has 0 radical (unpaired) electrons. The fourth-order valence-corrected chi connectivity index (χ4v) is 4.09. The molecule has 2 N–H and O–H groups in total. The van der Waals surface area contributed by atoms with Gasteiger partial charge in [0.05, 0.1) is 4.90 Å². The van der Waals surface area contributed by atoms with Gasteiger partial charge >= 0.3 is 0 Å². The summed E-state index contributed by atoms with van der Waals surface area (Å²) in [6.45, 7) is 7.22. The molecule has 0 aliphatic rings. The summed E-state index contributed by atoms with van der Waals surface area (Å²) >= 11 is 0. The second-order valence-electron chi connectivity index (χ2n) is 7.55. The van der Waals surface area contributed by atoms with Gasteiger partial charge in [-0.2, -0.15) is 0 Å². The highest BCUT2D eigenvalue weighted by molar-refractivity contribution is 7.92. The van der Waals surface area contributed by atoms with Crippen LogP contribution in [0.1, 0.15) is 22.4 Å². The van der Waals surface area contributed by atoms with Crippen LogP contribution in [0.25, 0.3) is 0 Å². The van der Waals surface area contributed by atoms with E-state index in [1.54, 1.807) is 31.2 Å². The summed E-state index contributed by atoms with van der Waals surface area (Å²) in [5.41, 5.74) is 3.54. The second kappa shape index (κ2) is 8.77. The molecule has 0 spiro atoms. The maximum Gasteiger partial charge on any atom is 0.275 e. The van der Waals surface area contributed by atoms with Crippen molar-refractivity contribution in [1.29, 1.82) is 0 Å². The molecule has 0 saturated heterocycles. The molecule has 1 amide bonds. The fourth-order valence-electron chi connectivity index (χ4n) is 3.03. The number of pyridine rings is 1. The summed E-state index contributed by atoms with van der Waals surface area (Å²) in [7, 11) is -3.93. The van der Waals surface area contributed by atoms with E-state index in [1.807, 2.05) is 32.9 Å². The zero-order valence-corrected chi connectivity index (χ0v) is 18.7. The van der Waals surface area contributed by atoms with Crippen LogP contribution in [0.15, 0.2) is 64.3 Å². The number of anilines is 2. The Morgan fingerprint density at radius 3 is 2.23 bits per heavy atom. The van der Waals surface area contributed by atoms with Crippen molar-refractivity contribution in [2.45, 2.75) is 39.1 Å². The predicted octanol–water partition coefficient (Wildman–Crippen LogP) is 3.52. The van der Waals surface area contributed by atoms with Crippen LogP contribution in [0, 0.1) is 27.7 Å². The van der Waals surface area contributed by atoms with Gasteiger partial charge in [-0.3, -0.25) is 14.3 Å². The molecule has 162 valence electrons. The van der Waals surface area contributed by atoms with E-state index in [0.717, 1.165) is 16.7 Å². The standard InChI is InChI=1S/C23H25N3O4S/c1-15-5-10-20(11-6-15)31(29,30)25-21-12-8-18(4)26(23(21)28)14-22(27)24-19-9-7-16(2)17(3)13-19/h5-13,25H,14H2,1-4H3,(H,24,27). The lowest BCUT2D eigenvalue weighted by Crippen LogP contribution is -2.31. The van der Waals surface area contributed by atoms with Crippen LogP contribution < -0.4 is 15.6 Å². The van der Waals surface area contributed by atoms with Crippen molar-refractivity contribution in [3.63, 3.8) is 0 Å². The number of aryl methyl sites for hydroxylation is 4. The van der Waals surface area contributed by atoms with Gasteiger partial charge in [0.2, 0.25) is 5.91 Å². The topological polar surface area (TPSA) is 97.3 Å². The number of nitrogens with zero attached hydrogens (tertiary/aromatic N) is 1. The summed E-state index contributed by atoms with van der Waals surface area (Å²) in [6.07, 6.45) is 0. The van der Waals surface area contributed by atoms with Crippen molar-refractivity contribution < 1.29 is 13.2 Å².